The number of carbonyl (C=O) groups is 2. The third-order valence-corrected chi connectivity index (χ3v) is 5.39. The van der Waals surface area contributed by atoms with Gasteiger partial charge in [-0.3, -0.25) is 9.59 Å². The van der Waals surface area contributed by atoms with Crippen LogP contribution in [0.25, 0.3) is 22.7 Å². The summed E-state index contributed by atoms with van der Waals surface area (Å²) in [6.45, 7) is 4.07. The van der Waals surface area contributed by atoms with Crippen molar-refractivity contribution in [2.24, 2.45) is 0 Å². The number of fused-ring (bicyclic) bond motifs is 4. The number of hydrogen-bond acceptors (Lipinski definition) is 4. The first-order chi connectivity index (χ1) is 14.5. The molecule has 1 N–H and O–H groups in total. The third-order valence-electron chi connectivity index (χ3n) is 5.39. The summed E-state index contributed by atoms with van der Waals surface area (Å²) >= 11 is 0. The molecule has 5 rings (SSSR count). The number of hydrogen-bond donors (Lipinski definition) is 1. The van der Waals surface area contributed by atoms with Gasteiger partial charge in [0.25, 0.3) is 0 Å². The Bertz CT molecular complexity index is 1360. The lowest BCUT2D eigenvalue weighted by Gasteiger charge is -2.09. The van der Waals surface area contributed by atoms with Crippen molar-refractivity contribution in [2.75, 3.05) is 5.32 Å². The molecule has 0 radical (unpaired) electrons. The van der Waals surface area contributed by atoms with Crippen molar-refractivity contribution in [1.82, 2.24) is 19.6 Å². The van der Waals surface area contributed by atoms with Gasteiger partial charge in [0.2, 0.25) is 11.7 Å². The average Bonchev–Trinajstić information content (AvgIpc) is 3.25. The molecule has 3 heterocycles. The number of ketones is 1. The lowest BCUT2D eigenvalue weighted by molar-refractivity contribution is -0.114. The Morgan fingerprint density at radius 2 is 1.93 bits per heavy atom. The number of para-hydroxylation sites is 1. The van der Waals surface area contributed by atoms with Crippen LogP contribution in [0.1, 0.15) is 34.2 Å². The number of nitrogens with zero attached hydrogens (tertiary/aromatic N) is 4. The van der Waals surface area contributed by atoms with Gasteiger partial charge in [-0.2, -0.15) is 0 Å². The highest BCUT2D eigenvalue weighted by molar-refractivity contribution is 6.28. The van der Waals surface area contributed by atoms with Crippen molar-refractivity contribution in [3.8, 4) is 0 Å². The highest BCUT2D eigenvalue weighted by Gasteiger charge is 2.25. The number of anilines is 1. The van der Waals surface area contributed by atoms with Gasteiger partial charge in [-0.05, 0) is 36.8 Å². The van der Waals surface area contributed by atoms with Crippen LogP contribution in [0.3, 0.4) is 0 Å². The first-order valence-electron chi connectivity index (χ1n) is 9.65. The predicted molar refractivity (Wildman–Crippen MR) is 115 cm³/mol. The van der Waals surface area contributed by atoms with Crippen LogP contribution in [-0.4, -0.2) is 31.3 Å². The van der Waals surface area contributed by atoms with E-state index in [1.807, 2.05) is 18.2 Å². The van der Waals surface area contributed by atoms with Crippen LogP contribution in [-0.2, 0) is 11.3 Å². The molecule has 0 aliphatic carbocycles. The minimum absolute atomic E-state index is 0.188. The highest BCUT2D eigenvalue weighted by atomic mass is 16.1. The van der Waals surface area contributed by atoms with Crippen molar-refractivity contribution in [2.45, 2.75) is 20.4 Å². The maximum absolute atomic E-state index is 13.5. The number of amides is 1. The molecule has 1 aliphatic heterocycles. The van der Waals surface area contributed by atoms with E-state index in [4.69, 9.17) is 0 Å². The van der Waals surface area contributed by atoms with Gasteiger partial charge < -0.3 is 9.88 Å². The van der Waals surface area contributed by atoms with E-state index in [-0.39, 0.29) is 11.7 Å². The number of nitrogens with one attached hydrogen (secondary N) is 1. The van der Waals surface area contributed by atoms with Gasteiger partial charge in [0, 0.05) is 34.8 Å². The van der Waals surface area contributed by atoms with Crippen molar-refractivity contribution in [1.29, 1.82) is 0 Å². The van der Waals surface area contributed by atoms with E-state index < -0.39 is 0 Å². The molecule has 0 saturated heterocycles. The Kier molecular flexibility index (Phi) is 4.10. The van der Waals surface area contributed by atoms with E-state index >= 15 is 0 Å². The summed E-state index contributed by atoms with van der Waals surface area (Å²) in [6.07, 6.45) is 3.57. The lowest BCUT2D eigenvalue weighted by Crippen LogP contribution is -2.13. The minimum atomic E-state index is -0.188. The van der Waals surface area contributed by atoms with Gasteiger partial charge in [-0.1, -0.05) is 35.5 Å². The number of Topliss-reactive ketones (excluding diaryl/α,β-unsaturated/α-hetero) is 1. The molecular weight excluding hydrogens is 378 g/mol. The molecule has 2 aromatic carbocycles. The molecule has 148 valence electrons. The molecular formula is C23H19N5O2. The maximum atomic E-state index is 13.5. The number of allylic oxidation sites excluding steroid dienone is 1. The van der Waals surface area contributed by atoms with Gasteiger partial charge in [0.15, 0.2) is 0 Å². The third kappa shape index (κ3) is 2.83. The summed E-state index contributed by atoms with van der Waals surface area (Å²) in [5.74, 6) is -0.376. The second kappa shape index (κ2) is 6.81. The monoisotopic (exact) mass is 397 g/mol. The molecule has 1 amide bonds. The fraction of sp³-hybridized carbons (Fsp3) is 0.130. The zero-order valence-electron chi connectivity index (χ0n) is 16.6. The van der Waals surface area contributed by atoms with E-state index in [1.54, 1.807) is 35.1 Å². The van der Waals surface area contributed by atoms with Crippen molar-refractivity contribution < 1.29 is 9.59 Å². The summed E-state index contributed by atoms with van der Waals surface area (Å²) in [5, 5.41) is 12.1. The Hall–Kier alpha value is -4.00. The van der Waals surface area contributed by atoms with Crippen LogP contribution in [0.4, 0.5) is 5.69 Å². The predicted octanol–water partition coefficient (Wildman–Crippen LogP) is 3.74. The van der Waals surface area contributed by atoms with Gasteiger partial charge >= 0.3 is 0 Å². The molecule has 0 spiro atoms. The molecule has 7 nitrogen and oxygen atoms in total. The average molecular weight is 397 g/mol. The minimum Gasteiger partial charge on any atom is -0.335 e. The summed E-state index contributed by atoms with van der Waals surface area (Å²) in [5.41, 5.74) is 5.49. The normalized spacial score (nSPS) is 12.7. The Morgan fingerprint density at radius 1 is 1.10 bits per heavy atom. The van der Waals surface area contributed by atoms with Crippen LogP contribution in [0.15, 0.2) is 54.7 Å². The molecule has 0 bridgehead atoms. The SMILES string of the molecule is CC(=O)Nc1cccc(C(=O)C2=Cc3c(C)c4ccccc4n3Cc3cnnn32)c1. The standard InChI is InChI=1S/C23H19N5O2/c1-14-19-8-3-4-9-20(19)27-13-18-12-24-26-28(18)22(11-21(14)27)23(30)16-6-5-7-17(10-16)25-15(2)29/h3-12H,13H2,1-2H3,(H,25,29). The number of carbonyl (C=O) groups excluding carboxylic acids is 2. The lowest BCUT2D eigenvalue weighted by atomic mass is 10.1. The fourth-order valence-corrected chi connectivity index (χ4v) is 4.02. The Morgan fingerprint density at radius 3 is 2.77 bits per heavy atom. The number of rotatable bonds is 3. The molecule has 1 aliphatic rings. The molecule has 0 atom stereocenters. The smallest absolute Gasteiger partial charge is 0.221 e. The molecule has 0 unspecified atom stereocenters. The van der Waals surface area contributed by atoms with Gasteiger partial charge in [0.05, 0.1) is 18.4 Å². The van der Waals surface area contributed by atoms with Gasteiger partial charge in [-0.25, -0.2) is 4.68 Å². The first kappa shape index (κ1) is 18.1. The number of aryl methyl sites for hydroxylation is 1. The van der Waals surface area contributed by atoms with Crippen molar-refractivity contribution in [3.05, 3.63) is 77.2 Å². The molecule has 0 fully saturated rings. The zero-order valence-corrected chi connectivity index (χ0v) is 16.6. The second-order valence-electron chi connectivity index (χ2n) is 7.37. The van der Waals surface area contributed by atoms with Crippen LogP contribution in [0.2, 0.25) is 0 Å². The zero-order chi connectivity index (χ0) is 20.8. The number of benzene rings is 2. The maximum Gasteiger partial charge on any atom is 0.221 e. The van der Waals surface area contributed by atoms with Crippen LogP contribution in [0, 0.1) is 6.92 Å². The highest BCUT2D eigenvalue weighted by Crippen LogP contribution is 2.32. The van der Waals surface area contributed by atoms with Gasteiger partial charge in [0.1, 0.15) is 5.70 Å². The Balaban J connectivity index is 1.69. The molecule has 30 heavy (non-hydrogen) atoms. The second-order valence-corrected chi connectivity index (χ2v) is 7.37. The van der Waals surface area contributed by atoms with Gasteiger partial charge in [-0.15, -0.1) is 5.10 Å². The largest absolute Gasteiger partial charge is 0.335 e. The Labute approximate surface area is 172 Å². The van der Waals surface area contributed by atoms with Crippen molar-refractivity contribution >= 4 is 40.1 Å². The quantitative estimate of drug-likeness (QED) is 0.534. The molecule has 4 aromatic rings. The molecule has 7 heteroatoms. The fourth-order valence-electron chi connectivity index (χ4n) is 4.02. The topological polar surface area (TPSA) is 81.8 Å². The summed E-state index contributed by atoms with van der Waals surface area (Å²) in [6, 6.07) is 15.1. The summed E-state index contributed by atoms with van der Waals surface area (Å²) in [4.78, 5) is 24.9. The van der Waals surface area contributed by atoms with E-state index in [9.17, 15) is 9.59 Å². The molecule has 0 saturated carbocycles. The van der Waals surface area contributed by atoms with Crippen LogP contribution >= 0.6 is 0 Å². The number of aromatic nitrogens is 4. The van der Waals surface area contributed by atoms with Crippen LogP contribution < -0.4 is 5.32 Å². The summed E-state index contributed by atoms with van der Waals surface area (Å²) < 4.78 is 3.79. The van der Waals surface area contributed by atoms with Crippen molar-refractivity contribution in [3.63, 3.8) is 0 Å². The van der Waals surface area contributed by atoms with E-state index in [2.05, 4.69) is 39.3 Å². The summed E-state index contributed by atoms with van der Waals surface area (Å²) in [7, 11) is 0. The van der Waals surface area contributed by atoms with E-state index in [0.717, 1.165) is 27.9 Å². The van der Waals surface area contributed by atoms with Crippen LogP contribution in [0.5, 0.6) is 0 Å². The molecule has 2 aromatic heterocycles. The van der Waals surface area contributed by atoms with E-state index in [1.165, 1.54) is 6.92 Å². The van der Waals surface area contributed by atoms with E-state index in [0.29, 0.717) is 23.5 Å². The first-order valence-corrected chi connectivity index (χ1v) is 9.65.